The van der Waals surface area contributed by atoms with E-state index in [4.69, 9.17) is 4.98 Å². The first-order valence-corrected chi connectivity index (χ1v) is 12.5. The molecule has 1 aliphatic rings. The van der Waals surface area contributed by atoms with E-state index in [0.29, 0.717) is 38.0 Å². The number of nitrogens with zero attached hydrogens (tertiary/aromatic N) is 3. The summed E-state index contributed by atoms with van der Waals surface area (Å²) in [6.07, 6.45) is -3.11. The number of hydrogen-bond donors (Lipinski definition) is 0. The van der Waals surface area contributed by atoms with Crippen LogP contribution in [0.4, 0.5) is 13.2 Å². The van der Waals surface area contributed by atoms with Crippen LogP contribution in [0.3, 0.4) is 0 Å². The van der Waals surface area contributed by atoms with E-state index >= 15 is 0 Å². The summed E-state index contributed by atoms with van der Waals surface area (Å²) in [6.45, 7) is 3.57. The molecule has 0 spiro atoms. The van der Waals surface area contributed by atoms with Gasteiger partial charge in [-0.3, -0.25) is 14.3 Å². The van der Waals surface area contributed by atoms with Crippen LogP contribution >= 0.6 is 0 Å². The second-order valence-corrected chi connectivity index (χ2v) is 9.36. The summed E-state index contributed by atoms with van der Waals surface area (Å²) in [5.41, 5.74) is 3.55. The van der Waals surface area contributed by atoms with Crippen LogP contribution in [0, 0.1) is 0 Å². The van der Waals surface area contributed by atoms with Gasteiger partial charge in [0.25, 0.3) is 5.56 Å². The van der Waals surface area contributed by atoms with E-state index in [0.717, 1.165) is 40.3 Å². The molecule has 190 valence electrons. The number of benzene rings is 3. The minimum atomic E-state index is -4.36. The minimum Gasteiger partial charge on any atom is -0.294 e. The number of fused-ring (bicyclic) bond motifs is 1. The molecule has 3 aromatic carbocycles. The average molecular weight is 504 g/mol. The Morgan fingerprint density at radius 3 is 2.03 bits per heavy atom. The van der Waals surface area contributed by atoms with Gasteiger partial charge in [-0.25, -0.2) is 4.98 Å². The zero-order chi connectivity index (χ0) is 26.0. The van der Waals surface area contributed by atoms with Crippen molar-refractivity contribution in [1.82, 2.24) is 14.5 Å². The van der Waals surface area contributed by atoms with Gasteiger partial charge in [0.2, 0.25) is 0 Å². The lowest BCUT2D eigenvalue weighted by atomic mass is 9.97. The van der Waals surface area contributed by atoms with Crippen LogP contribution in [0.15, 0.2) is 89.7 Å². The lowest BCUT2D eigenvalue weighted by Crippen LogP contribution is -2.40. The topological polar surface area (TPSA) is 38.1 Å². The molecule has 4 nitrogen and oxygen atoms in total. The van der Waals surface area contributed by atoms with E-state index in [2.05, 4.69) is 4.90 Å². The Labute approximate surface area is 214 Å². The highest BCUT2D eigenvalue weighted by molar-refractivity contribution is 5.35. The van der Waals surface area contributed by atoms with Crippen molar-refractivity contribution in [3.63, 3.8) is 0 Å². The Balaban J connectivity index is 1.51. The summed E-state index contributed by atoms with van der Waals surface area (Å²) in [5, 5.41) is 0. The predicted molar refractivity (Wildman–Crippen MR) is 137 cm³/mol. The van der Waals surface area contributed by atoms with Gasteiger partial charge in [0.15, 0.2) is 0 Å². The van der Waals surface area contributed by atoms with Crippen LogP contribution in [0.1, 0.15) is 52.3 Å². The monoisotopic (exact) mass is 503 g/mol. The van der Waals surface area contributed by atoms with Crippen LogP contribution in [0.25, 0.3) is 0 Å². The molecule has 0 saturated carbocycles. The molecule has 0 N–H and O–H groups in total. The second-order valence-electron chi connectivity index (χ2n) is 9.36. The standard InChI is InChI=1S/C30H28F3N3O/c1-2-27-34-26-17-18-35(19-21-13-15-24(16-14-21)30(31,32)33)20-25(26)29(37)36(27)28(22-9-5-3-6-10-22)23-11-7-4-8-12-23/h3-16,28H,2,17-20H2,1H3. The Morgan fingerprint density at radius 2 is 1.49 bits per heavy atom. The zero-order valence-corrected chi connectivity index (χ0v) is 20.6. The number of aromatic nitrogens is 2. The molecular weight excluding hydrogens is 475 g/mol. The van der Waals surface area contributed by atoms with Crippen molar-refractivity contribution in [2.24, 2.45) is 0 Å². The largest absolute Gasteiger partial charge is 0.416 e. The zero-order valence-electron chi connectivity index (χ0n) is 20.6. The highest BCUT2D eigenvalue weighted by Gasteiger charge is 2.30. The second kappa shape index (κ2) is 10.3. The average Bonchev–Trinajstić information content (AvgIpc) is 2.91. The summed E-state index contributed by atoms with van der Waals surface area (Å²) in [7, 11) is 0. The Hall–Kier alpha value is -3.71. The molecule has 37 heavy (non-hydrogen) atoms. The van der Waals surface area contributed by atoms with Gasteiger partial charge in [-0.15, -0.1) is 0 Å². The fourth-order valence-electron chi connectivity index (χ4n) is 5.06. The summed E-state index contributed by atoms with van der Waals surface area (Å²) in [4.78, 5) is 21.2. The third-order valence-electron chi connectivity index (χ3n) is 6.91. The number of rotatable bonds is 6. The Morgan fingerprint density at radius 1 is 0.892 bits per heavy atom. The molecule has 4 aromatic rings. The van der Waals surface area contributed by atoms with Crippen molar-refractivity contribution >= 4 is 0 Å². The first-order valence-electron chi connectivity index (χ1n) is 12.5. The van der Waals surface area contributed by atoms with E-state index < -0.39 is 11.7 Å². The quantitative estimate of drug-likeness (QED) is 0.323. The van der Waals surface area contributed by atoms with Crippen LogP contribution in [0.2, 0.25) is 0 Å². The van der Waals surface area contributed by atoms with Gasteiger partial charge in [-0.2, -0.15) is 13.2 Å². The molecular formula is C30H28F3N3O. The fourth-order valence-corrected chi connectivity index (χ4v) is 5.06. The Kier molecular flexibility index (Phi) is 6.98. The van der Waals surface area contributed by atoms with Crippen LogP contribution in [-0.2, 0) is 32.1 Å². The van der Waals surface area contributed by atoms with Gasteiger partial charge in [0.1, 0.15) is 5.82 Å². The normalized spacial score (nSPS) is 14.1. The van der Waals surface area contributed by atoms with Crippen molar-refractivity contribution in [3.05, 3.63) is 135 Å². The third-order valence-corrected chi connectivity index (χ3v) is 6.91. The van der Waals surface area contributed by atoms with Crippen molar-refractivity contribution in [2.45, 2.75) is 45.1 Å². The maximum atomic E-state index is 14.1. The van der Waals surface area contributed by atoms with Gasteiger partial charge in [-0.05, 0) is 28.8 Å². The number of hydrogen-bond acceptors (Lipinski definition) is 3. The summed E-state index contributed by atoms with van der Waals surface area (Å²) in [6, 6.07) is 24.8. The molecule has 0 aliphatic carbocycles. The van der Waals surface area contributed by atoms with Crippen molar-refractivity contribution in [1.29, 1.82) is 0 Å². The van der Waals surface area contributed by atoms with Gasteiger partial charge < -0.3 is 0 Å². The highest BCUT2D eigenvalue weighted by Crippen LogP contribution is 2.30. The summed E-state index contributed by atoms with van der Waals surface area (Å²) >= 11 is 0. The maximum Gasteiger partial charge on any atom is 0.416 e. The SMILES string of the molecule is CCc1nc2c(c(=O)n1C(c1ccccc1)c1ccccc1)CN(Cc1ccc(C(F)(F)F)cc1)CC2. The Bertz CT molecular complexity index is 1380. The molecule has 0 fully saturated rings. The molecule has 0 atom stereocenters. The molecule has 0 unspecified atom stereocenters. The highest BCUT2D eigenvalue weighted by atomic mass is 19.4. The van der Waals surface area contributed by atoms with E-state index in [9.17, 15) is 18.0 Å². The van der Waals surface area contributed by atoms with E-state index in [1.807, 2.05) is 72.2 Å². The molecule has 1 aromatic heterocycles. The van der Waals surface area contributed by atoms with Gasteiger partial charge in [0, 0.05) is 32.5 Å². The molecule has 5 rings (SSSR count). The van der Waals surface area contributed by atoms with E-state index in [1.165, 1.54) is 12.1 Å². The number of aryl methyl sites for hydroxylation is 1. The lowest BCUT2D eigenvalue weighted by Gasteiger charge is -2.31. The molecule has 0 radical (unpaired) electrons. The first kappa shape index (κ1) is 25.0. The summed E-state index contributed by atoms with van der Waals surface area (Å²) < 4.78 is 40.7. The van der Waals surface area contributed by atoms with Gasteiger partial charge in [0.05, 0.1) is 22.9 Å². The van der Waals surface area contributed by atoms with Crippen molar-refractivity contribution in [2.75, 3.05) is 6.54 Å². The van der Waals surface area contributed by atoms with Crippen LogP contribution in [0.5, 0.6) is 0 Å². The number of alkyl halides is 3. The van der Waals surface area contributed by atoms with Crippen LogP contribution in [-0.4, -0.2) is 21.0 Å². The first-order chi connectivity index (χ1) is 17.8. The maximum absolute atomic E-state index is 14.1. The van der Waals surface area contributed by atoms with Crippen molar-refractivity contribution < 1.29 is 13.2 Å². The molecule has 0 bridgehead atoms. The predicted octanol–water partition coefficient (Wildman–Crippen LogP) is 6.02. The lowest BCUT2D eigenvalue weighted by molar-refractivity contribution is -0.137. The molecule has 1 aliphatic heterocycles. The van der Waals surface area contributed by atoms with Gasteiger partial charge in [-0.1, -0.05) is 79.7 Å². The van der Waals surface area contributed by atoms with Crippen molar-refractivity contribution in [3.8, 4) is 0 Å². The number of halogens is 3. The van der Waals surface area contributed by atoms with E-state index in [-0.39, 0.29) is 11.6 Å². The van der Waals surface area contributed by atoms with Crippen LogP contribution < -0.4 is 5.56 Å². The smallest absolute Gasteiger partial charge is 0.294 e. The third kappa shape index (κ3) is 5.23. The molecule has 2 heterocycles. The van der Waals surface area contributed by atoms with E-state index in [1.54, 1.807) is 0 Å². The van der Waals surface area contributed by atoms with Gasteiger partial charge >= 0.3 is 6.18 Å². The fraction of sp³-hybridized carbons (Fsp3) is 0.267. The molecule has 0 amide bonds. The molecule has 0 saturated heterocycles. The molecule has 7 heteroatoms. The summed E-state index contributed by atoms with van der Waals surface area (Å²) in [5.74, 6) is 0.748. The minimum absolute atomic E-state index is 0.0586.